The Morgan fingerprint density at radius 3 is 2.67 bits per heavy atom. The molecule has 0 aliphatic carbocycles. The fourth-order valence-corrected chi connectivity index (χ4v) is 4.77. The maximum Gasteiger partial charge on any atom is 0.289 e. The average Bonchev–Trinajstić information content (AvgIpc) is 2.83. The number of carbonyl (C=O) groups is 1. The second-order valence-corrected chi connectivity index (χ2v) is 9.46. The van der Waals surface area contributed by atoms with Crippen LogP contribution in [0.25, 0.3) is 0 Å². The van der Waals surface area contributed by atoms with E-state index in [1.54, 1.807) is 17.0 Å². The molecule has 10 nitrogen and oxygen atoms in total. The van der Waals surface area contributed by atoms with Crippen LogP contribution in [0.3, 0.4) is 0 Å². The van der Waals surface area contributed by atoms with Gasteiger partial charge in [0.2, 0.25) is 15.9 Å². The highest BCUT2D eigenvalue weighted by molar-refractivity contribution is 7.89. The van der Waals surface area contributed by atoms with Crippen LogP contribution < -0.4 is 4.72 Å². The molecule has 0 bridgehead atoms. The summed E-state index contributed by atoms with van der Waals surface area (Å²) in [4.78, 5) is 24.0. The van der Waals surface area contributed by atoms with Gasteiger partial charge in [0.25, 0.3) is 5.69 Å². The number of rotatable bonds is 9. The standard InChI is InChI=1S/C22H24N4O6S/c23-12-17-7-9-18(10-8-17)15-32-16-19-4-3-11-25(14-19)22(27)13-24-33(30,31)21-6-2-1-5-20(21)26(28)29/h1-2,5-10,19,24H,3-4,11,13-16H2. The molecule has 1 aliphatic heterocycles. The van der Waals surface area contributed by atoms with E-state index < -0.39 is 38.0 Å². The van der Waals surface area contributed by atoms with Gasteiger partial charge in [-0.15, -0.1) is 0 Å². The Balaban J connectivity index is 1.50. The molecule has 1 heterocycles. The quantitative estimate of drug-likeness (QED) is 0.435. The van der Waals surface area contributed by atoms with E-state index in [1.165, 1.54) is 12.1 Å². The first-order chi connectivity index (χ1) is 15.8. The van der Waals surface area contributed by atoms with E-state index >= 15 is 0 Å². The molecule has 0 spiro atoms. The predicted octanol–water partition coefficient (Wildman–Crippen LogP) is 2.20. The van der Waals surface area contributed by atoms with Crippen LogP contribution >= 0.6 is 0 Å². The van der Waals surface area contributed by atoms with Crippen LogP contribution in [-0.4, -0.2) is 50.4 Å². The lowest BCUT2D eigenvalue weighted by atomic mass is 9.99. The lowest BCUT2D eigenvalue weighted by molar-refractivity contribution is -0.387. The number of nitro benzene ring substituents is 1. The van der Waals surface area contributed by atoms with Gasteiger partial charge in [0.15, 0.2) is 4.90 Å². The summed E-state index contributed by atoms with van der Waals surface area (Å²) in [5.41, 5.74) is 0.981. The average molecular weight is 473 g/mol. The molecule has 0 radical (unpaired) electrons. The zero-order valence-corrected chi connectivity index (χ0v) is 18.7. The lowest BCUT2D eigenvalue weighted by Gasteiger charge is -2.32. The molecule has 3 rings (SSSR count). The number of hydrogen-bond acceptors (Lipinski definition) is 7. The van der Waals surface area contributed by atoms with E-state index in [0.717, 1.165) is 30.5 Å². The van der Waals surface area contributed by atoms with Crippen LogP contribution in [0.5, 0.6) is 0 Å². The van der Waals surface area contributed by atoms with Crippen molar-refractivity contribution in [2.75, 3.05) is 26.2 Å². The van der Waals surface area contributed by atoms with E-state index in [1.807, 2.05) is 12.1 Å². The smallest absolute Gasteiger partial charge is 0.289 e. The molecule has 1 unspecified atom stereocenters. The van der Waals surface area contributed by atoms with Gasteiger partial charge in [-0.05, 0) is 42.5 Å². The van der Waals surface area contributed by atoms with Crippen LogP contribution in [0, 0.1) is 27.4 Å². The Hall–Kier alpha value is -3.33. The summed E-state index contributed by atoms with van der Waals surface area (Å²) in [6, 6.07) is 14.2. The van der Waals surface area contributed by atoms with Gasteiger partial charge in [-0.3, -0.25) is 14.9 Å². The summed E-state index contributed by atoms with van der Waals surface area (Å²) in [6.07, 6.45) is 1.66. The number of nitro groups is 1. The first-order valence-electron chi connectivity index (χ1n) is 10.4. The zero-order chi connectivity index (χ0) is 23.8. The van der Waals surface area contributed by atoms with E-state index in [9.17, 15) is 23.3 Å². The monoisotopic (exact) mass is 472 g/mol. The Labute approximate surface area is 192 Å². The van der Waals surface area contributed by atoms with Gasteiger partial charge in [-0.1, -0.05) is 24.3 Å². The number of piperidine rings is 1. The molecule has 33 heavy (non-hydrogen) atoms. The maximum atomic E-state index is 12.6. The van der Waals surface area contributed by atoms with E-state index in [0.29, 0.717) is 31.9 Å². The normalized spacial score (nSPS) is 16.2. The fraction of sp³-hybridized carbons (Fsp3) is 0.364. The van der Waals surface area contributed by atoms with Gasteiger partial charge < -0.3 is 9.64 Å². The van der Waals surface area contributed by atoms with Crippen molar-refractivity contribution in [3.05, 3.63) is 69.8 Å². The van der Waals surface area contributed by atoms with Crippen molar-refractivity contribution >= 4 is 21.6 Å². The molecule has 174 valence electrons. The summed E-state index contributed by atoms with van der Waals surface area (Å²) in [7, 11) is -4.22. The van der Waals surface area contributed by atoms with E-state index in [2.05, 4.69) is 10.8 Å². The zero-order valence-electron chi connectivity index (χ0n) is 17.8. The topological polar surface area (TPSA) is 143 Å². The molecular weight excluding hydrogens is 448 g/mol. The van der Waals surface area contributed by atoms with Crippen molar-refractivity contribution in [1.29, 1.82) is 5.26 Å². The number of carbonyl (C=O) groups excluding carboxylic acids is 1. The number of nitriles is 1. The molecule has 1 amide bonds. The molecule has 0 aromatic heterocycles. The number of nitrogens with one attached hydrogen (secondary N) is 1. The van der Waals surface area contributed by atoms with Crippen molar-refractivity contribution < 1.29 is 22.9 Å². The Bertz CT molecular complexity index is 1140. The minimum atomic E-state index is -4.22. The number of amides is 1. The summed E-state index contributed by atoms with van der Waals surface area (Å²) in [6.45, 7) is 1.32. The summed E-state index contributed by atoms with van der Waals surface area (Å²) in [5, 5.41) is 20.0. The van der Waals surface area contributed by atoms with Crippen LogP contribution in [0.1, 0.15) is 24.0 Å². The Morgan fingerprint density at radius 2 is 1.97 bits per heavy atom. The minimum absolute atomic E-state index is 0.118. The molecular formula is C22H24N4O6S. The Morgan fingerprint density at radius 1 is 1.24 bits per heavy atom. The molecule has 1 saturated heterocycles. The van der Waals surface area contributed by atoms with Crippen molar-refractivity contribution in [2.24, 2.45) is 5.92 Å². The summed E-state index contributed by atoms with van der Waals surface area (Å²) < 4.78 is 33.0. The Kier molecular flexibility index (Phi) is 8.11. The molecule has 1 atom stereocenters. The second kappa shape index (κ2) is 11.0. The SMILES string of the molecule is N#Cc1ccc(COCC2CCCN(C(=O)CNS(=O)(=O)c3ccccc3[N+](=O)[O-])C2)cc1. The number of sulfonamides is 1. The third-order valence-corrected chi connectivity index (χ3v) is 6.79. The van der Waals surface area contributed by atoms with Crippen LogP contribution in [-0.2, 0) is 26.2 Å². The van der Waals surface area contributed by atoms with Gasteiger partial charge >= 0.3 is 0 Å². The lowest BCUT2D eigenvalue weighted by Crippen LogP contribution is -2.45. The van der Waals surface area contributed by atoms with E-state index in [-0.39, 0.29) is 5.92 Å². The molecule has 0 saturated carbocycles. The number of likely N-dealkylation sites (tertiary alicyclic amines) is 1. The van der Waals surface area contributed by atoms with Gasteiger partial charge in [0.05, 0.1) is 36.3 Å². The number of hydrogen-bond donors (Lipinski definition) is 1. The van der Waals surface area contributed by atoms with Crippen molar-refractivity contribution in [3.63, 3.8) is 0 Å². The molecule has 2 aromatic rings. The third kappa shape index (κ3) is 6.58. The van der Waals surface area contributed by atoms with Crippen molar-refractivity contribution in [1.82, 2.24) is 9.62 Å². The molecule has 2 aromatic carbocycles. The number of nitrogens with zero attached hydrogens (tertiary/aromatic N) is 3. The number of para-hydroxylation sites is 1. The van der Waals surface area contributed by atoms with Gasteiger partial charge in [-0.2, -0.15) is 5.26 Å². The summed E-state index contributed by atoms with van der Waals surface area (Å²) in [5.74, 6) is -0.276. The highest BCUT2D eigenvalue weighted by atomic mass is 32.2. The van der Waals surface area contributed by atoms with Crippen LogP contribution in [0.15, 0.2) is 53.4 Å². The largest absolute Gasteiger partial charge is 0.376 e. The number of ether oxygens (including phenoxy) is 1. The highest BCUT2D eigenvalue weighted by Gasteiger charge is 2.28. The summed E-state index contributed by atoms with van der Waals surface area (Å²) >= 11 is 0. The highest BCUT2D eigenvalue weighted by Crippen LogP contribution is 2.23. The van der Waals surface area contributed by atoms with Crippen LogP contribution in [0.4, 0.5) is 5.69 Å². The first-order valence-corrected chi connectivity index (χ1v) is 11.9. The molecule has 1 aliphatic rings. The predicted molar refractivity (Wildman–Crippen MR) is 118 cm³/mol. The molecule has 11 heteroatoms. The molecule has 1 N–H and O–H groups in total. The fourth-order valence-electron chi connectivity index (χ4n) is 3.63. The van der Waals surface area contributed by atoms with Crippen molar-refractivity contribution in [3.8, 4) is 6.07 Å². The second-order valence-electron chi connectivity index (χ2n) is 7.72. The van der Waals surface area contributed by atoms with Gasteiger partial charge in [-0.25, -0.2) is 13.1 Å². The first kappa shape index (κ1) is 24.3. The molecule has 1 fully saturated rings. The number of benzene rings is 2. The van der Waals surface area contributed by atoms with E-state index in [4.69, 9.17) is 10.00 Å². The van der Waals surface area contributed by atoms with Crippen molar-refractivity contribution in [2.45, 2.75) is 24.3 Å². The van der Waals surface area contributed by atoms with Gasteiger partial charge in [0.1, 0.15) is 0 Å². The third-order valence-electron chi connectivity index (χ3n) is 5.34. The minimum Gasteiger partial charge on any atom is -0.376 e. The van der Waals surface area contributed by atoms with Gasteiger partial charge in [0, 0.05) is 19.2 Å². The van der Waals surface area contributed by atoms with Crippen LogP contribution in [0.2, 0.25) is 0 Å². The maximum absolute atomic E-state index is 12.6.